The van der Waals surface area contributed by atoms with E-state index in [2.05, 4.69) is 34.5 Å². The van der Waals surface area contributed by atoms with E-state index >= 15 is 0 Å². The molecule has 1 aromatic heterocycles. The average molecular weight is 363 g/mol. The quantitative estimate of drug-likeness (QED) is 0.628. The number of aliphatic imine (C=N–C) groups is 1. The zero-order valence-corrected chi connectivity index (χ0v) is 15.8. The van der Waals surface area contributed by atoms with Gasteiger partial charge in [0, 0.05) is 30.2 Å². The molecular formula is C19H24ClFN4. The van der Waals surface area contributed by atoms with Gasteiger partial charge in [-0.3, -0.25) is 9.98 Å². The summed E-state index contributed by atoms with van der Waals surface area (Å²) in [5.74, 6) is 0.345. The molecule has 2 N–H and O–H groups in total. The molecule has 4 nitrogen and oxygen atoms in total. The van der Waals surface area contributed by atoms with Crippen molar-refractivity contribution in [2.45, 2.75) is 32.7 Å². The highest BCUT2D eigenvalue weighted by molar-refractivity contribution is 6.31. The lowest BCUT2D eigenvalue weighted by molar-refractivity contribution is 0.507. The minimum Gasteiger partial charge on any atom is -0.356 e. The summed E-state index contributed by atoms with van der Waals surface area (Å²) in [6.07, 6.45) is 1.78. The Morgan fingerprint density at radius 1 is 1.28 bits per heavy atom. The molecule has 0 fully saturated rings. The summed E-state index contributed by atoms with van der Waals surface area (Å²) in [5.41, 5.74) is 2.71. The van der Waals surface area contributed by atoms with Crippen molar-refractivity contribution in [1.29, 1.82) is 0 Å². The first-order chi connectivity index (χ1) is 11.8. The summed E-state index contributed by atoms with van der Waals surface area (Å²) >= 11 is 6.20. The molecule has 6 heteroatoms. The molecule has 0 bridgehead atoms. The molecule has 0 saturated heterocycles. The maximum Gasteiger partial charge on any atom is 0.191 e. The Morgan fingerprint density at radius 2 is 2.04 bits per heavy atom. The van der Waals surface area contributed by atoms with E-state index in [-0.39, 0.29) is 11.2 Å². The predicted octanol–water partition coefficient (Wildman–Crippen LogP) is 3.83. The molecule has 0 unspecified atom stereocenters. The minimum atomic E-state index is -0.333. The smallest absolute Gasteiger partial charge is 0.191 e. The van der Waals surface area contributed by atoms with Gasteiger partial charge >= 0.3 is 0 Å². The number of aromatic nitrogens is 1. The van der Waals surface area contributed by atoms with Crippen molar-refractivity contribution < 1.29 is 4.39 Å². The third-order valence-electron chi connectivity index (χ3n) is 4.12. The fraction of sp³-hybridized carbons (Fsp3) is 0.368. The number of hydrogen-bond donors (Lipinski definition) is 2. The van der Waals surface area contributed by atoms with Crippen LogP contribution >= 0.6 is 11.6 Å². The van der Waals surface area contributed by atoms with Crippen LogP contribution in [0.2, 0.25) is 5.02 Å². The van der Waals surface area contributed by atoms with E-state index in [1.54, 1.807) is 19.3 Å². The number of guanidine groups is 1. The standard InChI is InChI=1S/C19H24ClFN4/c1-13-6-5-9-23-17(13)11-24-18(22-4)25-12-19(2,3)15-8-7-14(21)10-16(15)20/h5-10H,11-12H2,1-4H3,(H2,22,24,25). The molecule has 0 amide bonds. The molecule has 0 spiro atoms. The molecule has 0 saturated carbocycles. The zero-order chi connectivity index (χ0) is 18.4. The van der Waals surface area contributed by atoms with E-state index in [0.29, 0.717) is 24.1 Å². The number of nitrogens with zero attached hydrogens (tertiary/aromatic N) is 2. The highest BCUT2D eigenvalue weighted by Crippen LogP contribution is 2.29. The van der Waals surface area contributed by atoms with E-state index in [1.165, 1.54) is 12.1 Å². The van der Waals surface area contributed by atoms with Gasteiger partial charge in [-0.25, -0.2) is 4.39 Å². The number of benzene rings is 1. The predicted molar refractivity (Wildman–Crippen MR) is 102 cm³/mol. The Morgan fingerprint density at radius 3 is 2.68 bits per heavy atom. The van der Waals surface area contributed by atoms with Crippen molar-refractivity contribution in [3.63, 3.8) is 0 Å². The Hall–Kier alpha value is -2.14. The van der Waals surface area contributed by atoms with Crippen LogP contribution in [-0.4, -0.2) is 24.5 Å². The van der Waals surface area contributed by atoms with Crippen LogP contribution in [0.3, 0.4) is 0 Å². The molecular weight excluding hydrogens is 339 g/mol. The van der Waals surface area contributed by atoms with E-state index in [0.717, 1.165) is 16.8 Å². The number of halogens is 2. The van der Waals surface area contributed by atoms with Gasteiger partial charge in [0.15, 0.2) is 5.96 Å². The molecule has 1 heterocycles. The summed E-state index contributed by atoms with van der Waals surface area (Å²) < 4.78 is 13.3. The molecule has 134 valence electrons. The Labute approximate surface area is 153 Å². The monoisotopic (exact) mass is 362 g/mol. The van der Waals surface area contributed by atoms with Crippen molar-refractivity contribution in [3.8, 4) is 0 Å². The summed E-state index contributed by atoms with van der Waals surface area (Å²) in [4.78, 5) is 8.60. The molecule has 0 radical (unpaired) electrons. The number of nitrogens with one attached hydrogen (secondary N) is 2. The first-order valence-corrected chi connectivity index (χ1v) is 8.52. The maximum absolute atomic E-state index is 13.3. The van der Waals surface area contributed by atoms with E-state index in [9.17, 15) is 4.39 Å². The largest absolute Gasteiger partial charge is 0.356 e. The molecule has 0 aliphatic carbocycles. The van der Waals surface area contributed by atoms with Gasteiger partial charge in [-0.15, -0.1) is 0 Å². The fourth-order valence-corrected chi connectivity index (χ4v) is 2.95. The van der Waals surface area contributed by atoms with Crippen molar-refractivity contribution in [2.75, 3.05) is 13.6 Å². The zero-order valence-electron chi connectivity index (χ0n) is 15.0. The van der Waals surface area contributed by atoms with Gasteiger partial charge in [-0.2, -0.15) is 0 Å². The number of hydrogen-bond acceptors (Lipinski definition) is 2. The van der Waals surface area contributed by atoms with Crippen molar-refractivity contribution in [1.82, 2.24) is 15.6 Å². The van der Waals surface area contributed by atoms with Crippen LogP contribution in [0.5, 0.6) is 0 Å². The van der Waals surface area contributed by atoms with Gasteiger partial charge in [0.1, 0.15) is 5.82 Å². The van der Waals surface area contributed by atoms with Crippen molar-refractivity contribution in [3.05, 3.63) is 64.2 Å². The van der Waals surface area contributed by atoms with E-state index in [1.807, 2.05) is 19.1 Å². The maximum atomic E-state index is 13.3. The molecule has 2 rings (SSSR count). The van der Waals surface area contributed by atoms with Crippen molar-refractivity contribution >= 4 is 17.6 Å². The first kappa shape index (κ1) is 19.2. The van der Waals surface area contributed by atoms with Gasteiger partial charge in [0.05, 0.1) is 12.2 Å². The van der Waals surface area contributed by atoms with Crippen LogP contribution in [-0.2, 0) is 12.0 Å². The summed E-state index contributed by atoms with van der Waals surface area (Å²) in [5, 5.41) is 6.99. The Bertz CT molecular complexity index is 759. The molecule has 0 aliphatic rings. The van der Waals surface area contributed by atoms with Crippen LogP contribution < -0.4 is 10.6 Å². The van der Waals surface area contributed by atoms with Gasteiger partial charge < -0.3 is 10.6 Å². The first-order valence-electron chi connectivity index (χ1n) is 8.14. The third kappa shape index (κ3) is 5.16. The lowest BCUT2D eigenvalue weighted by atomic mass is 9.84. The Kier molecular flexibility index (Phi) is 6.37. The number of aryl methyl sites for hydroxylation is 1. The second kappa shape index (κ2) is 8.30. The van der Waals surface area contributed by atoms with E-state index in [4.69, 9.17) is 11.6 Å². The number of pyridine rings is 1. The van der Waals surface area contributed by atoms with Crippen LogP contribution in [0.25, 0.3) is 0 Å². The lowest BCUT2D eigenvalue weighted by Gasteiger charge is -2.27. The van der Waals surface area contributed by atoms with Gasteiger partial charge in [0.2, 0.25) is 0 Å². The third-order valence-corrected chi connectivity index (χ3v) is 4.44. The molecule has 1 aromatic carbocycles. The van der Waals surface area contributed by atoms with Crippen LogP contribution in [0, 0.1) is 12.7 Å². The van der Waals surface area contributed by atoms with Crippen LogP contribution in [0.4, 0.5) is 4.39 Å². The van der Waals surface area contributed by atoms with Gasteiger partial charge in [-0.05, 0) is 36.2 Å². The van der Waals surface area contributed by atoms with E-state index < -0.39 is 0 Å². The van der Waals surface area contributed by atoms with Gasteiger partial charge in [0.25, 0.3) is 0 Å². The molecule has 0 atom stereocenters. The SMILES string of the molecule is CN=C(NCc1ncccc1C)NCC(C)(C)c1ccc(F)cc1Cl. The summed E-state index contributed by atoms with van der Waals surface area (Å²) in [6, 6.07) is 8.45. The molecule has 2 aromatic rings. The fourth-order valence-electron chi connectivity index (χ4n) is 2.53. The highest BCUT2D eigenvalue weighted by Gasteiger charge is 2.24. The summed E-state index contributed by atoms with van der Waals surface area (Å²) in [7, 11) is 1.72. The van der Waals surface area contributed by atoms with Crippen LogP contribution in [0.15, 0.2) is 41.5 Å². The second-order valence-corrected chi connectivity index (χ2v) is 6.96. The second-order valence-electron chi connectivity index (χ2n) is 6.55. The number of rotatable bonds is 5. The Balaban J connectivity index is 1.98. The summed E-state index contributed by atoms with van der Waals surface area (Å²) in [6.45, 7) is 7.31. The van der Waals surface area contributed by atoms with Crippen LogP contribution in [0.1, 0.15) is 30.7 Å². The molecule has 25 heavy (non-hydrogen) atoms. The average Bonchev–Trinajstić information content (AvgIpc) is 2.56. The van der Waals surface area contributed by atoms with Crippen molar-refractivity contribution in [2.24, 2.45) is 4.99 Å². The van der Waals surface area contributed by atoms with Gasteiger partial charge in [-0.1, -0.05) is 37.6 Å². The lowest BCUT2D eigenvalue weighted by Crippen LogP contribution is -2.43. The highest BCUT2D eigenvalue weighted by atomic mass is 35.5. The topological polar surface area (TPSA) is 49.3 Å². The normalized spacial score (nSPS) is 12.2. The molecule has 0 aliphatic heterocycles. The minimum absolute atomic E-state index is 0.288.